The fourth-order valence-electron chi connectivity index (χ4n) is 1.94. The van der Waals surface area contributed by atoms with Crippen LogP contribution in [0.1, 0.15) is 41.0 Å². The van der Waals surface area contributed by atoms with E-state index in [9.17, 15) is 8.42 Å². The minimum absolute atomic E-state index is 0. The van der Waals surface area contributed by atoms with Crippen molar-refractivity contribution >= 4 is 39.8 Å². The topological polar surface area (TPSA) is 79.8 Å². The van der Waals surface area contributed by atoms with Crippen LogP contribution in [0.2, 0.25) is 0 Å². The van der Waals surface area contributed by atoms with Crippen molar-refractivity contribution in [3.05, 3.63) is 0 Å². The van der Waals surface area contributed by atoms with Gasteiger partial charge in [-0.1, -0.05) is 20.8 Å². The van der Waals surface area contributed by atoms with Crippen LogP contribution in [0.3, 0.4) is 0 Å². The van der Waals surface area contributed by atoms with Crippen LogP contribution >= 0.6 is 24.0 Å². The SMILES string of the molecule is CCNC(=NCCC(OCC)C(C)C)NCCS(=O)(=O)CC.I. The van der Waals surface area contributed by atoms with Gasteiger partial charge in [0.1, 0.15) is 0 Å². The Hall–Kier alpha value is -0.0900. The molecule has 0 amide bonds. The normalized spacial score (nSPS) is 13.6. The summed E-state index contributed by atoms with van der Waals surface area (Å²) in [7, 11) is -2.95. The van der Waals surface area contributed by atoms with Crippen molar-refractivity contribution in [3.8, 4) is 0 Å². The highest BCUT2D eigenvalue weighted by Gasteiger charge is 2.12. The molecule has 6 nitrogen and oxygen atoms in total. The maximum atomic E-state index is 11.5. The second-order valence-electron chi connectivity index (χ2n) is 5.45. The van der Waals surface area contributed by atoms with Gasteiger partial charge in [-0.2, -0.15) is 0 Å². The molecule has 0 bridgehead atoms. The molecule has 0 heterocycles. The van der Waals surface area contributed by atoms with Gasteiger partial charge in [0.2, 0.25) is 0 Å². The first kappa shape index (κ1) is 25.2. The number of ether oxygens (including phenoxy) is 1. The van der Waals surface area contributed by atoms with Gasteiger partial charge in [0.05, 0.1) is 11.9 Å². The van der Waals surface area contributed by atoms with E-state index in [4.69, 9.17) is 4.74 Å². The van der Waals surface area contributed by atoms with Crippen molar-refractivity contribution in [1.82, 2.24) is 10.6 Å². The Morgan fingerprint density at radius 3 is 2.30 bits per heavy atom. The van der Waals surface area contributed by atoms with Gasteiger partial charge in [0.15, 0.2) is 15.8 Å². The first-order chi connectivity index (χ1) is 10.4. The lowest BCUT2D eigenvalue weighted by molar-refractivity contribution is 0.0266. The zero-order chi connectivity index (χ0) is 17.0. The molecule has 0 radical (unpaired) electrons. The van der Waals surface area contributed by atoms with E-state index in [2.05, 4.69) is 29.5 Å². The number of aliphatic imine (C=N–C) groups is 1. The zero-order valence-corrected chi connectivity index (χ0v) is 18.2. The number of sulfone groups is 1. The molecule has 0 aliphatic heterocycles. The van der Waals surface area contributed by atoms with E-state index in [0.717, 1.165) is 13.0 Å². The molecule has 0 saturated heterocycles. The van der Waals surface area contributed by atoms with Crippen LogP contribution in [0.4, 0.5) is 0 Å². The molecule has 0 spiro atoms. The average Bonchev–Trinajstić information content (AvgIpc) is 2.46. The molecule has 0 fully saturated rings. The quantitative estimate of drug-likeness (QED) is 0.279. The number of hydrogen-bond donors (Lipinski definition) is 2. The smallest absolute Gasteiger partial charge is 0.191 e. The first-order valence-corrected chi connectivity index (χ1v) is 10.0. The molecule has 0 aromatic heterocycles. The van der Waals surface area contributed by atoms with Crippen LogP contribution in [0.25, 0.3) is 0 Å². The molecule has 1 unspecified atom stereocenters. The van der Waals surface area contributed by atoms with Crippen molar-refractivity contribution in [2.45, 2.75) is 47.1 Å². The van der Waals surface area contributed by atoms with Crippen LogP contribution in [0.5, 0.6) is 0 Å². The molecule has 0 aromatic carbocycles. The summed E-state index contributed by atoms with van der Waals surface area (Å²) in [4.78, 5) is 4.48. The highest BCUT2D eigenvalue weighted by Crippen LogP contribution is 2.10. The molecule has 0 aromatic rings. The number of hydrogen-bond acceptors (Lipinski definition) is 4. The van der Waals surface area contributed by atoms with E-state index in [0.29, 0.717) is 31.6 Å². The molecular weight excluding hydrogens is 429 g/mol. The summed E-state index contributed by atoms with van der Waals surface area (Å²) < 4.78 is 28.6. The highest BCUT2D eigenvalue weighted by atomic mass is 127. The minimum atomic E-state index is -2.95. The number of guanidine groups is 1. The number of rotatable bonds is 11. The van der Waals surface area contributed by atoms with E-state index < -0.39 is 9.84 Å². The van der Waals surface area contributed by atoms with Gasteiger partial charge in [0.25, 0.3) is 0 Å². The Labute approximate surface area is 159 Å². The summed E-state index contributed by atoms with van der Waals surface area (Å²) in [5, 5.41) is 6.19. The van der Waals surface area contributed by atoms with Gasteiger partial charge in [-0.15, -0.1) is 24.0 Å². The largest absolute Gasteiger partial charge is 0.378 e. The highest BCUT2D eigenvalue weighted by molar-refractivity contribution is 14.0. The van der Waals surface area contributed by atoms with Crippen molar-refractivity contribution in [1.29, 1.82) is 0 Å². The van der Waals surface area contributed by atoms with E-state index >= 15 is 0 Å². The van der Waals surface area contributed by atoms with Gasteiger partial charge in [-0.3, -0.25) is 4.99 Å². The fraction of sp³-hybridized carbons (Fsp3) is 0.933. The number of halogens is 1. The van der Waals surface area contributed by atoms with E-state index in [-0.39, 0.29) is 41.6 Å². The minimum Gasteiger partial charge on any atom is -0.378 e. The number of nitrogens with one attached hydrogen (secondary N) is 2. The molecule has 0 aliphatic carbocycles. The maximum Gasteiger partial charge on any atom is 0.191 e. The molecule has 8 heteroatoms. The molecule has 2 N–H and O–H groups in total. The van der Waals surface area contributed by atoms with Crippen molar-refractivity contribution in [3.63, 3.8) is 0 Å². The summed E-state index contributed by atoms with van der Waals surface area (Å²) in [6, 6.07) is 0. The molecule has 0 aliphatic rings. The summed E-state index contributed by atoms with van der Waals surface area (Å²) in [6.07, 6.45) is 1.06. The van der Waals surface area contributed by atoms with Gasteiger partial charge >= 0.3 is 0 Å². The van der Waals surface area contributed by atoms with E-state index in [1.54, 1.807) is 6.92 Å². The summed E-state index contributed by atoms with van der Waals surface area (Å²) in [5.74, 6) is 1.42. The lowest BCUT2D eigenvalue weighted by Gasteiger charge is -2.20. The number of nitrogens with zero attached hydrogens (tertiary/aromatic N) is 1. The first-order valence-electron chi connectivity index (χ1n) is 8.20. The van der Waals surface area contributed by atoms with Crippen molar-refractivity contribution < 1.29 is 13.2 Å². The summed E-state index contributed by atoms with van der Waals surface area (Å²) in [5.41, 5.74) is 0. The molecular formula is C15H34IN3O3S. The van der Waals surface area contributed by atoms with E-state index in [1.165, 1.54) is 0 Å². The molecule has 140 valence electrons. The Morgan fingerprint density at radius 1 is 1.17 bits per heavy atom. The lowest BCUT2D eigenvalue weighted by Crippen LogP contribution is -2.40. The Bertz CT molecular complexity index is 414. The standard InChI is InChI=1S/C15H33N3O3S.HI/c1-6-16-15(18-11-12-22(19,20)8-3)17-10-9-14(13(4)5)21-7-2;/h13-14H,6-12H2,1-5H3,(H2,16,17,18);1H. The summed E-state index contributed by atoms with van der Waals surface area (Å²) >= 11 is 0. The van der Waals surface area contributed by atoms with Crippen molar-refractivity contribution in [2.24, 2.45) is 10.9 Å². The van der Waals surface area contributed by atoms with Gasteiger partial charge in [-0.25, -0.2) is 8.42 Å². The third kappa shape index (κ3) is 12.9. The molecule has 0 saturated carbocycles. The molecule has 1 atom stereocenters. The van der Waals surface area contributed by atoms with Gasteiger partial charge in [-0.05, 0) is 26.2 Å². The molecule has 23 heavy (non-hydrogen) atoms. The monoisotopic (exact) mass is 463 g/mol. The Balaban J connectivity index is 0. The van der Waals surface area contributed by atoms with Crippen LogP contribution < -0.4 is 10.6 Å². The second-order valence-corrected chi connectivity index (χ2v) is 7.92. The van der Waals surface area contributed by atoms with Crippen LogP contribution in [0.15, 0.2) is 4.99 Å². The fourth-order valence-corrected chi connectivity index (χ4v) is 2.64. The molecule has 0 rings (SSSR count). The third-order valence-electron chi connectivity index (χ3n) is 3.30. The van der Waals surface area contributed by atoms with Gasteiger partial charge < -0.3 is 15.4 Å². The predicted octanol–water partition coefficient (Wildman–Crippen LogP) is 2.05. The lowest BCUT2D eigenvalue weighted by atomic mass is 10.0. The average molecular weight is 463 g/mol. The second kappa shape index (κ2) is 14.3. The van der Waals surface area contributed by atoms with Gasteiger partial charge in [0, 0.05) is 32.0 Å². The van der Waals surface area contributed by atoms with Crippen LogP contribution in [-0.4, -0.2) is 58.2 Å². The maximum absolute atomic E-state index is 11.5. The zero-order valence-electron chi connectivity index (χ0n) is 15.1. The van der Waals surface area contributed by atoms with Crippen LogP contribution in [-0.2, 0) is 14.6 Å². The van der Waals surface area contributed by atoms with E-state index in [1.807, 2.05) is 13.8 Å². The summed E-state index contributed by atoms with van der Waals surface area (Å²) in [6.45, 7) is 12.4. The van der Waals surface area contributed by atoms with Crippen molar-refractivity contribution in [2.75, 3.05) is 37.7 Å². The predicted molar refractivity (Wildman–Crippen MR) is 109 cm³/mol. The van der Waals surface area contributed by atoms with Crippen LogP contribution in [0, 0.1) is 5.92 Å². The Kier molecular flexibility index (Phi) is 15.6. The third-order valence-corrected chi connectivity index (χ3v) is 5.00. The Morgan fingerprint density at radius 2 is 1.83 bits per heavy atom.